The highest BCUT2D eigenvalue weighted by atomic mass is 16.5. The van der Waals surface area contributed by atoms with Gasteiger partial charge in [-0.15, -0.1) is 0 Å². The van der Waals surface area contributed by atoms with Gasteiger partial charge in [-0.3, -0.25) is 0 Å². The normalized spacial score (nSPS) is 14.4. The van der Waals surface area contributed by atoms with Crippen molar-refractivity contribution in [2.45, 2.75) is 32.4 Å². The third-order valence-corrected chi connectivity index (χ3v) is 3.68. The van der Waals surface area contributed by atoms with E-state index in [-0.39, 0.29) is 0 Å². The van der Waals surface area contributed by atoms with Crippen molar-refractivity contribution < 1.29 is 9.84 Å². The third kappa shape index (κ3) is 6.57. The van der Waals surface area contributed by atoms with Crippen LogP contribution in [0, 0.1) is 13.8 Å². The van der Waals surface area contributed by atoms with Crippen molar-refractivity contribution >= 4 is 0 Å². The number of aryl methyl sites for hydroxylation is 2. The van der Waals surface area contributed by atoms with Crippen LogP contribution < -0.4 is 5.32 Å². The second-order valence-corrected chi connectivity index (χ2v) is 5.92. The molecule has 0 spiro atoms. The van der Waals surface area contributed by atoms with Gasteiger partial charge in [0, 0.05) is 19.7 Å². The number of nitrogens with one attached hydrogen (secondary N) is 1. The van der Waals surface area contributed by atoms with Gasteiger partial charge in [-0.1, -0.05) is 29.3 Å². The van der Waals surface area contributed by atoms with Crippen molar-refractivity contribution in [3.63, 3.8) is 0 Å². The molecule has 4 heteroatoms. The Morgan fingerprint density at radius 2 is 1.86 bits per heavy atom. The molecule has 0 fully saturated rings. The van der Waals surface area contributed by atoms with Crippen molar-refractivity contribution in [1.29, 1.82) is 0 Å². The van der Waals surface area contributed by atoms with E-state index in [9.17, 15) is 5.11 Å². The van der Waals surface area contributed by atoms with Crippen LogP contribution in [-0.4, -0.2) is 57.0 Å². The van der Waals surface area contributed by atoms with Gasteiger partial charge in [0.1, 0.15) is 0 Å². The first kappa shape index (κ1) is 18.1. The number of nitrogens with zero attached hydrogens (tertiary/aromatic N) is 1. The summed E-state index contributed by atoms with van der Waals surface area (Å²) >= 11 is 0. The monoisotopic (exact) mass is 294 g/mol. The molecule has 1 aromatic carbocycles. The fraction of sp³-hybridized carbons (Fsp3) is 0.647. The summed E-state index contributed by atoms with van der Waals surface area (Å²) in [7, 11) is 5.65. The van der Waals surface area contributed by atoms with Gasteiger partial charge in [-0.05, 0) is 46.5 Å². The zero-order valence-electron chi connectivity index (χ0n) is 14.0. The van der Waals surface area contributed by atoms with Crippen LogP contribution >= 0.6 is 0 Å². The maximum atomic E-state index is 9.75. The average Bonchev–Trinajstić information content (AvgIpc) is 2.38. The molecule has 0 amide bonds. The predicted molar refractivity (Wildman–Crippen MR) is 87.7 cm³/mol. The molecular formula is C17H30N2O2. The number of hydrogen-bond acceptors (Lipinski definition) is 4. The highest BCUT2D eigenvalue weighted by Crippen LogP contribution is 2.20. The van der Waals surface area contributed by atoms with E-state index < -0.39 is 6.10 Å². The molecular weight excluding hydrogens is 264 g/mol. The van der Waals surface area contributed by atoms with Gasteiger partial charge in [0.15, 0.2) is 0 Å². The molecule has 2 atom stereocenters. The SMILES string of the molecule is CNC(CCN(C)CC(O)COC)c1cc(C)cc(C)c1. The maximum absolute atomic E-state index is 9.75. The fourth-order valence-electron chi connectivity index (χ4n) is 2.73. The average molecular weight is 294 g/mol. The van der Waals surface area contributed by atoms with Crippen molar-refractivity contribution in [2.24, 2.45) is 0 Å². The van der Waals surface area contributed by atoms with Gasteiger partial charge in [0.25, 0.3) is 0 Å². The van der Waals surface area contributed by atoms with Crippen LogP contribution in [0.1, 0.15) is 29.2 Å². The van der Waals surface area contributed by atoms with Gasteiger partial charge in [-0.2, -0.15) is 0 Å². The summed E-state index contributed by atoms with van der Waals surface area (Å²) < 4.78 is 4.96. The van der Waals surface area contributed by atoms with Crippen molar-refractivity contribution in [3.05, 3.63) is 34.9 Å². The number of aliphatic hydroxyl groups excluding tert-OH is 1. The Kier molecular flexibility index (Phi) is 7.89. The number of benzene rings is 1. The minimum Gasteiger partial charge on any atom is -0.389 e. The Morgan fingerprint density at radius 1 is 1.24 bits per heavy atom. The number of aliphatic hydroxyl groups is 1. The van der Waals surface area contributed by atoms with Gasteiger partial charge in [0.2, 0.25) is 0 Å². The number of rotatable bonds is 9. The zero-order valence-corrected chi connectivity index (χ0v) is 14.0. The maximum Gasteiger partial charge on any atom is 0.0899 e. The molecule has 0 bridgehead atoms. The molecule has 0 aliphatic carbocycles. The van der Waals surface area contributed by atoms with Gasteiger partial charge >= 0.3 is 0 Å². The number of ether oxygens (including phenoxy) is 1. The van der Waals surface area contributed by atoms with Gasteiger partial charge in [-0.25, -0.2) is 0 Å². The minimum atomic E-state index is -0.422. The third-order valence-electron chi connectivity index (χ3n) is 3.68. The van der Waals surface area contributed by atoms with E-state index in [0.717, 1.165) is 13.0 Å². The highest BCUT2D eigenvalue weighted by molar-refractivity contribution is 5.30. The standard InChI is InChI=1S/C17H30N2O2/c1-13-8-14(2)10-15(9-13)17(18-3)6-7-19(4)11-16(20)12-21-5/h8-10,16-18,20H,6-7,11-12H2,1-5H3. The number of methoxy groups -OCH3 is 1. The second-order valence-electron chi connectivity index (χ2n) is 5.92. The topological polar surface area (TPSA) is 44.7 Å². The van der Waals surface area contributed by atoms with Crippen molar-refractivity contribution in [2.75, 3.05) is 40.9 Å². The lowest BCUT2D eigenvalue weighted by molar-refractivity contribution is 0.0426. The fourth-order valence-corrected chi connectivity index (χ4v) is 2.73. The molecule has 0 aliphatic heterocycles. The van der Waals surface area contributed by atoms with Crippen LogP contribution in [0.5, 0.6) is 0 Å². The Balaban J connectivity index is 2.54. The molecule has 21 heavy (non-hydrogen) atoms. The Hall–Kier alpha value is -0.940. The number of hydrogen-bond donors (Lipinski definition) is 2. The summed E-state index contributed by atoms with van der Waals surface area (Å²) in [6.07, 6.45) is 0.588. The largest absolute Gasteiger partial charge is 0.389 e. The smallest absolute Gasteiger partial charge is 0.0899 e. The van der Waals surface area contributed by atoms with Crippen LogP contribution in [0.25, 0.3) is 0 Å². The molecule has 2 N–H and O–H groups in total. The second kappa shape index (κ2) is 9.15. The lowest BCUT2D eigenvalue weighted by Gasteiger charge is -2.24. The lowest BCUT2D eigenvalue weighted by atomic mass is 9.99. The Morgan fingerprint density at radius 3 is 2.38 bits per heavy atom. The van der Waals surface area contributed by atoms with Crippen LogP contribution in [-0.2, 0) is 4.74 Å². The number of likely N-dealkylation sites (N-methyl/N-ethyl adjacent to an activating group) is 1. The van der Waals surface area contributed by atoms with E-state index in [4.69, 9.17) is 4.74 Å². The summed E-state index contributed by atoms with van der Waals surface area (Å²) in [5, 5.41) is 13.1. The van der Waals surface area contributed by atoms with Gasteiger partial charge in [0.05, 0.1) is 12.7 Å². The first-order chi connectivity index (χ1) is 9.96. The van der Waals surface area contributed by atoms with Crippen LogP contribution in [0.15, 0.2) is 18.2 Å². The summed E-state index contributed by atoms with van der Waals surface area (Å²) in [6.45, 7) is 6.22. The van der Waals surface area contributed by atoms with Crippen LogP contribution in [0.2, 0.25) is 0 Å². The molecule has 4 nitrogen and oxygen atoms in total. The van der Waals surface area contributed by atoms with E-state index in [0.29, 0.717) is 19.2 Å². The first-order valence-corrected chi connectivity index (χ1v) is 7.57. The Labute approximate surface area is 129 Å². The summed E-state index contributed by atoms with van der Waals surface area (Å²) in [5.74, 6) is 0. The lowest BCUT2D eigenvalue weighted by Crippen LogP contribution is -2.34. The highest BCUT2D eigenvalue weighted by Gasteiger charge is 2.13. The van der Waals surface area contributed by atoms with Gasteiger partial charge < -0.3 is 20.1 Å². The quantitative estimate of drug-likeness (QED) is 0.730. The van der Waals surface area contributed by atoms with E-state index in [1.54, 1.807) is 7.11 Å². The molecule has 120 valence electrons. The molecule has 0 aromatic heterocycles. The molecule has 0 aliphatic rings. The van der Waals surface area contributed by atoms with E-state index in [2.05, 4.69) is 42.3 Å². The van der Waals surface area contributed by atoms with Crippen LogP contribution in [0.4, 0.5) is 0 Å². The summed E-state index contributed by atoms with van der Waals surface area (Å²) in [5.41, 5.74) is 3.93. The van der Waals surface area contributed by atoms with E-state index in [1.165, 1.54) is 16.7 Å². The summed E-state index contributed by atoms with van der Waals surface area (Å²) in [4.78, 5) is 2.15. The molecule has 0 radical (unpaired) electrons. The minimum absolute atomic E-state index is 0.339. The molecule has 1 aromatic rings. The molecule has 2 unspecified atom stereocenters. The molecule has 0 heterocycles. The Bertz CT molecular complexity index is 403. The summed E-state index contributed by atoms with van der Waals surface area (Å²) in [6, 6.07) is 7.02. The molecule has 0 saturated heterocycles. The first-order valence-electron chi connectivity index (χ1n) is 7.57. The van der Waals surface area contributed by atoms with Crippen LogP contribution in [0.3, 0.4) is 0 Å². The van der Waals surface area contributed by atoms with E-state index >= 15 is 0 Å². The predicted octanol–water partition coefficient (Wildman–Crippen LogP) is 1.89. The molecule has 0 saturated carbocycles. The zero-order chi connectivity index (χ0) is 15.8. The van der Waals surface area contributed by atoms with Crippen molar-refractivity contribution in [3.8, 4) is 0 Å². The molecule has 1 rings (SSSR count). The van der Waals surface area contributed by atoms with Crippen molar-refractivity contribution in [1.82, 2.24) is 10.2 Å². The van der Waals surface area contributed by atoms with E-state index in [1.807, 2.05) is 14.1 Å².